The van der Waals surface area contributed by atoms with E-state index >= 15 is 0 Å². The summed E-state index contributed by atoms with van der Waals surface area (Å²) in [7, 11) is 0. The highest BCUT2D eigenvalue weighted by Crippen LogP contribution is 2.32. The fourth-order valence-corrected chi connectivity index (χ4v) is 3.61. The largest absolute Gasteiger partial charge is 0.399 e. The van der Waals surface area contributed by atoms with Gasteiger partial charge in [0.15, 0.2) is 0 Å². The third-order valence-corrected chi connectivity index (χ3v) is 5.14. The molecule has 1 heterocycles. The van der Waals surface area contributed by atoms with Crippen LogP contribution in [0.3, 0.4) is 0 Å². The first kappa shape index (κ1) is 15.0. The topological polar surface area (TPSA) is 58.4 Å². The number of benzene rings is 1. The third kappa shape index (κ3) is 3.03. The van der Waals surface area contributed by atoms with Crippen LogP contribution >= 0.6 is 11.8 Å². The number of nitrogens with zero attached hydrogens (tertiary/aromatic N) is 1. The molecule has 1 aliphatic heterocycles. The summed E-state index contributed by atoms with van der Waals surface area (Å²) >= 11 is 1.98. The Morgan fingerprint density at radius 3 is 2.95 bits per heavy atom. The summed E-state index contributed by atoms with van der Waals surface area (Å²) in [6, 6.07) is 5.93. The van der Waals surface area contributed by atoms with Crippen LogP contribution < -0.4 is 16.0 Å². The molecule has 2 rings (SSSR count). The number of hydrogen-bond donors (Lipinski definition) is 2. The second kappa shape index (κ2) is 6.39. The van der Waals surface area contributed by atoms with Gasteiger partial charge in [-0.1, -0.05) is 6.92 Å². The van der Waals surface area contributed by atoms with Gasteiger partial charge in [-0.25, -0.2) is 0 Å². The van der Waals surface area contributed by atoms with Crippen molar-refractivity contribution in [3.05, 3.63) is 23.8 Å². The monoisotopic (exact) mass is 293 g/mol. The Labute approximate surface area is 125 Å². The van der Waals surface area contributed by atoms with Crippen LogP contribution in [0.2, 0.25) is 0 Å². The van der Waals surface area contributed by atoms with Gasteiger partial charge in [0.2, 0.25) is 0 Å². The van der Waals surface area contributed by atoms with Gasteiger partial charge in [-0.2, -0.15) is 11.8 Å². The smallest absolute Gasteiger partial charge is 0.253 e. The molecule has 3 N–H and O–H groups in total. The maximum absolute atomic E-state index is 12.2. The van der Waals surface area contributed by atoms with Crippen molar-refractivity contribution in [2.75, 3.05) is 29.5 Å². The molecule has 0 saturated carbocycles. The van der Waals surface area contributed by atoms with E-state index in [2.05, 4.69) is 24.1 Å². The normalized spacial score (nSPS) is 22.6. The van der Waals surface area contributed by atoms with E-state index in [9.17, 15) is 4.79 Å². The number of amides is 1. The Kier molecular flexibility index (Phi) is 4.81. The number of carbonyl (C=O) groups excluding carboxylic acids is 1. The minimum Gasteiger partial charge on any atom is -0.399 e. The van der Waals surface area contributed by atoms with Gasteiger partial charge in [-0.3, -0.25) is 4.79 Å². The summed E-state index contributed by atoms with van der Waals surface area (Å²) in [6.07, 6.45) is 0. The van der Waals surface area contributed by atoms with E-state index in [1.54, 1.807) is 6.07 Å². The standard InChI is InChI=1S/C15H23N3OS/c1-4-17-15(19)13-6-5-12(16)9-14(13)18-7-8-20-11(3)10(18)2/h5-6,9-11H,4,7-8,16H2,1-3H3,(H,17,19). The minimum atomic E-state index is -0.0272. The Morgan fingerprint density at radius 1 is 1.50 bits per heavy atom. The molecule has 2 unspecified atom stereocenters. The Hall–Kier alpha value is -1.36. The predicted molar refractivity (Wildman–Crippen MR) is 87.6 cm³/mol. The van der Waals surface area contributed by atoms with Crippen LogP contribution in [-0.2, 0) is 0 Å². The molecule has 1 fully saturated rings. The van der Waals surface area contributed by atoms with E-state index in [0.717, 1.165) is 18.0 Å². The summed E-state index contributed by atoms with van der Waals surface area (Å²) < 4.78 is 0. The Bertz CT molecular complexity index is 492. The molecule has 0 aliphatic carbocycles. The highest BCUT2D eigenvalue weighted by Gasteiger charge is 2.28. The number of nitrogens with two attached hydrogens (primary N) is 1. The Balaban J connectivity index is 2.38. The number of rotatable bonds is 3. The number of thioether (sulfide) groups is 1. The Morgan fingerprint density at radius 2 is 2.25 bits per heavy atom. The first-order valence-corrected chi connectivity index (χ1v) is 8.15. The lowest BCUT2D eigenvalue weighted by molar-refractivity contribution is 0.0956. The SMILES string of the molecule is CCNC(=O)c1ccc(N)cc1N1CCSC(C)C1C. The van der Waals surface area contributed by atoms with Crippen LogP contribution in [0.4, 0.5) is 11.4 Å². The van der Waals surface area contributed by atoms with E-state index in [1.165, 1.54) is 0 Å². The van der Waals surface area contributed by atoms with Crippen LogP contribution in [0.25, 0.3) is 0 Å². The van der Waals surface area contributed by atoms with Gasteiger partial charge in [-0.05, 0) is 32.0 Å². The first-order chi connectivity index (χ1) is 9.54. The van der Waals surface area contributed by atoms with Crippen molar-refractivity contribution in [3.63, 3.8) is 0 Å². The maximum Gasteiger partial charge on any atom is 0.253 e. The van der Waals surface area contributed by atoms with E-state index < -0.39 is 0 Å². The number of anilines is 2. The van der Waals surface area contributed by atoms with Crippen molar-refractivity contribution < 1.29 is 4.79 Å². The average molecular weight is 293 g/mol. The van der Waals surface area contributed by atoms with E-state index in [4.69, 9.17) is 5.73 Å². The molecule has 1 amide bonds. The highest BCUT2D eigenvalue weighted by molar-refractivity contribution is 8.00. The fraction of sp³-hybridized carbons (Fsp3) is 0.533. The third-order valence-electron chi connectivity index (χ3n) is 3.80. The predicted octanol–water partition coefficient (Wildman–Crippen LogP) is 2.35. The van der Waals surface area contributed by atoms with Gasteiger partial charge in [-0.15, -0.1) is 0 Å². The van der Waals surface area contributed by atoms with Gasteiger partial charge in [0.05, 0.1) is 11.3 Å². The summed E-state index contributed by atoms with van der Waals surface area (Å²) in [5.41, 5.74) is 8.29. The molecule has 1 aromatic rings. The van der Waals surface area contributed by atoms with Crippen molar-refractivity contribution in [2.45, 2.75) is 32.1 Å². The second-order valence-electron chi connectivity index (χ2n) is 5.15. The van der Waals surface area contributed by atoms with Crippen molar-refractivity contribution in [2.24, 2.45) is 0 Å². The minimum absolute atomic E-state index is 0.0272. The van der Waals surface area contributed by atoms with Crippen molar-refractivity contribution in [1.82, 2.24) is 5.32 Å². The van der Waals surface area contributed by atoms with Crippen LogP contribution in [-0.4, -0.2) is 36.0 Å². The zero-order valence-electron chi connectivity index (χ0n) is 12.3. The van der Waals surface area contributed by atoms with Gasteiger partial charge >= 0.3 is 0 Å². The molecular weight excluding hydrogens is 270 g/mol. The van der Waals surface area contributed by atoms with Gasteiger partial charge in [0, 0.05) is 35.8 Å². The summed E-state index contributed by atoms with van der Waals surface area (Å²) in [4.78, 5) is 14.5. The van der Waals surface area contributed by atoms with Gasteiger partial charge in [0.25, 0.3) is 5.91 Å². The lowest BCUT2D eigenvalue weighted by atomic mass is 10.1. The van der Waals surface area contributed by atoms with Gasteiger partial charge < -0.3 is 16.0 Å². The van der Waals surface area contributed by atoms with Crippen LogP contribution in [0.1, 0.15) is 31.1 Å². The highest BCUT2D eigenvalue weighted by atomic mass is 32.2. The molecule has 1 saturated heterocycles. The number of carbonyl (C=O) groups is 1. The van der Waals surface area contributed by atoms with Crippen LogP contribution in [0.15, 0.2) is 18.2 Å². The molecule has 20 heavy (non-hydrogen) atoms. The molecule has 2 atom stereocenters. The fourth-order valence-electron chi connectivity index (χ4n) is 2.51. The quantitative estimate of drug-likeness (QED) is 0.840. The molecule has 5 heteroatoms. The zero-order valence-corrected chi connectivity index (χ0v) is 13.2. The number of nitrogens with one attached hydrogen (secondary N) is 1. The molecule has 1 aliphatic rings. The second-order valence-corrected chi connectivity index (χ2v) is 6.63. The number of nitrogen functional groups attached to an aromatic ring is 1. The average Bonchev–Trinajstić information content (AvgIpc) is 2.42. The molecule has 0 spiro atoms. The summed E-state index contributed by atoms with van der Waals surface area (Å²) in [6.45, 7) is 7.95. The molecule has 1 aromatic carbocycles. The van der Waals surface area contributed by atoms with E-state index in [-0.39, 0.29) is 5.91 Å². The lowest BCUT2D eigenvalue weighted by Gasteiger charge is -2.40. The molecule has 4 nitrogen and oxygen atoms in total. The molecule has 110 valence electrons. The number of hydrogen-bond acceptors (Lipinski definition) is 4. The zero-order chi connectivity index (χ0) is 14.7. The van der Waals surface area contributed by atoms with Gasteiger partial charge in [0.1, 0.15) is 0 Å². The van der Waals surface area contributed by atoms with Crippen molar-refractivity contribution in [1.29, 1.82) is 0 Å². The summed E-state index contributed by atoms with van der Waals surface area (Å²) in [5.74, 6) is 1.05. The molecule has 0 bridgehead atoms. The molecule has 0 radical (unpaired) electrons. The van der Waals surface area contributed by atoms with E-state index in [0.29, 0.717) is 29.1 Å². The van der Waals surface area contributed by atoms with Crippen molar-refractivity contribution in [3.8, 4) is 0 Å². The molecule has 0 aromatic heterocycles. The van der Waals surface area contributed by atoms with E-state index in [1.807, 2.05) is 30.8 Å². The van der Waals surface area contributed by atoms with Crippen molar-refractivity contribution >= 4 is 29.0 Å². The maximum atomic E-state index is 12.2. The van der Waals surface area contributed by atoms with Crippen LogP contribution in [0, 0.1) is 0 Å². The van der Waals surface area contributed by atoms with Crippen LogP contribution in [0.5, 0.6) is 0 Å². The first-order valence-electron chi connectivity index (χ1n) is 7.10. The summed E-state index contributed by atoms with van der Waals surface area (Å²) in [5, 5.41) is 3.42. The molecular formula is C15H23N3OS. The lowest BCUT2D eigenvalue weighted by Crippen LogP contribution is -2.45.